The average Bonchev–Trinajstić information content (AvgIpc) is 2.77. The van der Waals surface area contributed by atoms with Gasteiger partial charge < -0.3 is 19.8 Å². The number of pyridine rings is 1. The number of aromatic nitrogens is 1. The SMILES string of the molecule is C[C@@H](Oc1cc(B2OC(C)(C)C(C)(C)O2)cnc1N)c1c(F)cccc1F. The van der Waals surface area contributed by atoms with E-state index in [1.807, 2.05) is 27.7 Å². The number of hydrogen-bond donors (Lipinski definition) is 1. The number of nitrogens with zero attached hydrogens (tertiary/aromatic N) is 1. The van der Waals surface area contributed by atoms with E-state index >= 15 is 0 Å². The molecule has 0 bridgehead atoms. The zero-order chi connectivity index (χ0) is 20.0. The van der Waals surface area contributed by atoms with E-state index in [1.54, 1.807) is 19.2 Å². The Kier molecular flexibility index (Phi) is 4.90. The van der Waals surface area contributed by atoms with E-state index < -0.39 is 36.1 Å². The van der Waals surface area contributed by atoms with Crippen LogP contribution in [0.2, 0.25) is 0 Å². The van der Waals surface area contributed by atoms with E-state index in [9.17, 15) is 8.78 Å². The van der Waals surface area contributed by atoms with Crippen molar-refractivity contribution < 1.29 is 22.8 Å². The molecule has 144 valence electrons. The third kappa shape index (κ3) is 3.64. The van der Waals surface area contributed by atoms with E-state index in [4.69, 9.17) is 19.8 Å². The number of hydrogen-bond acceptors (Lipinski definition) is 5. The van der Waals surface area contributed by atoms with Crippen molar-refractivity contribution in [2.75, 3.05) is 5.73 Å². The first-order chi connectivity index (χ1) is 12.5. The summed E-state index contributed by atoms with van der Waals surface area (Å²) in [5.41, 5.74) is 5.31. The minimum Gasteiger partial charge on any atom is -0.482 e. The van der Waals surface area contributed by atoms with E-state index in [1.165, 1.54) is 18.2 Å². The summed E-state index contributed by atoms with van der Waals surface area (Å²) in [5.74, 6) is -1.05. The third-order valence-electron chi connectivity index (χ3n) is 5.14. The lowest BCUT2D eigenvalue weighted by atomic mass is 9.80. The van der Waals surface area contributed by atoms with Crippen molar-refractivity contribution in [3.8, 4) is 5.75 Å². The number of anilines is 1. The van der Waals surface area contributed by atoms with Gasteiger partial charge in [-0.05, 0) is 52.8 Å². The van der Waals surface area contributed by atoms with E-state index in [2.05, 4.69) is 4.98 Å². The average molecular weight is 376 g/mol. The maximum Gasteiger partial charge on any atom is 0.496 e. The van der Waals surface area contributed by atoms with Crippen molar-refractivity contribution in [1.82, 2.24) is 4.98 Å². The lowest BCUT2D eigenvalue weighted by molar-refractivity contribution is 0.00578. The van der Waals surface area contributed by atoms with Crippen LogP contribution < -0.4 is 15.9 Å². The highest BCUT2D eigenvalue weighted by molar-refractivity contribution is 6.62. The van der Waals surface area contributed by atoms with Crippen molar-refractivity contribution in [1.29, 1.82) is 0 Å². The van der Waals surface area contributed by atoms with Gasteiger partial charge in [0.2, 0.25) is 0 Å². The number of benzene rings is 1. The molecule has 3 rings (SSSR count). The van der Waals surface area contributed by atoms with Gasteiger partial charge in [0, 0.05) is 11.7 Å². The number of nitrogens with two attached hydrogens (primary N) is 1. The highest BCUT2D eigenvalue weighted by Gasteiger charge is 2.52. The first-order valence-corrected chi connectivity index (χ1v) is 8.73. The molecule has 0 spiro atoms. The van der Waals surface area contributed by atoms with Crippen LogP contribution in [0.4, 0.5) is 14.6 Å². The van der Waals surface area contributed by atoms with Gasteiger partial charge in [-0.3, -0.25) is 0 Å². The van der Waals surface area contributed by atoms with Crippen LogP contribution in [0.15, 0.2) is 30.5 Å². The Labute approximate surface area is 158 Å². The molecule has 0 unspecified atom stereocenters. The Hall–Kier alpha value is -2.19. The fourth-order valence-corrected chi connectivity index (χ4v) is 2.82. The molecular weight excluding hydrogens is 353 g/mol. The van der Waals surface area contributed by atoms with Gasteiger partial charge in [-0.15, -0.1) is 0 Å². The molecular formula is C19H23BF2N2O3. The quantitative estimate of drug-likeness (QED) is 0.829. The molecule has 2 aromatic rings. The van der Waals surface area contributed by atoms with Gasteiger partial charge in [0.05, 0.1) is 16.8 Å². The summed E-state index contributed by atoms with van der Waals surface area (Å²) in [6.45, 7) is 9.31. The Balaban J connectivity index is 1.87. The van der Waals surface area contributed by atoms with Crippen LogP contribution in [-0.2, 0) is 9.31 Å². The Morgan fingerprint density at radius 3 is 2.22 bits per heavy atom. The Morgan fingerprint density at radius 1 is 1.11 bits per heavy atom. The largest absolute Gasteiger partial charge is 0.496 e. The number of ether oxygens (including phenoxy) is 1. The van der Waals surface area contributed by atoms with Gasteiger partial charge in [0.15, 0.2) is 11.6 Å². The highest BCUT2D eigenvalue weighted by Crippen LogP contribution is 2.37. The molecule has 0 radical (unpaired) electrons. The van der Waals surface area contributed by atoms with Gasteiger partial charge in [-0.2, -0.15) is 0 Å². The molecule has 0 amide bonds. The van der Waals surface area contributed by atoms with Crippen LogP contribution in [0, 0.1) is 11.6 Å². The maximum atomic E-state index is 14.0. The summed E-state index contributed by atoms with van der Waals surface area (Å²) >= 11 is 0. The summed E-state index contributed by atoms with van der Waals surface area (Å²) in [5, 5.41) is 0. The zero-order valence-electron chi connectivity index (χ0n) is 16.0. The molecule has 27 heavy (non-hydrogen) atoms. The summed E-state index contributed by atoms with van der Waals surface area (Å²) < 4.78 is 45.7. The molecule has 1 saturated heterocycles. The first kappa shape index (κ1) is 19.6. The smallest absolute Gasteiger partial charge is 0.482 e. The molecule has 8 heteroatoms. The second kappa shape index (κ2) is 6.76. The standard InChI is InChI=1S/C19H23BF2N2O3/c1-11(16-13(21)7-6-8-14(16)22)25-15-9-12(10-24-17(15)23)20-26-18(2,3)19(4,5)27-20/h6-11H,1-5H3,(H2,23,24)/t11-/m1/s1. The molecule has 0 aliphatic carbocycles. The normalized spacial score (nSPS) is 19.1. The van der Waals surface area contributed by atoms with Gasteiger partial charge in [-0.25, -0.2) is 13.8 Å². The van der Waals surface area contributed by atoms with Crippen molar-refractivity contribution in [2.45, 2.75) is 51.9 Å². The molecule has 1 fully saturated rings. The molecule has 1 aromatic carbocycles. The minimum atomic E-state index is -0.899. The molecule has 5 nitrogen and oxygen atoms in total. The maximum absolute atomic E-state index is 14.0. The predicted octanol–water partition coefficient (Wildman–Crippen LogP) is 3.38. The van der Waals surface area contributed by atoms with Gasteiger partial charge in [0.25, 0.3) is 0 Å². The van der Waals surface area contributed by atoms with Crippen molar-refractivity contribution in [3.05, 3.63) is 47.7 Å². The third-order valence-corrected chi connectivity index (χ3v) is 5.14. The van der Waals surface area contributed by atoms with Crippen LogP contribution in [0.25, 0.3) is 0 Å². The topological polar surface area (TPSA) is 66.6 Å². The van der Waals surface area contributed by atoms with E-state index in [0.717, 1.165) is 0 Å². The lowest BCUT2D eigenvalue weighted by Gasteiger charge is -2.32. The monoisotopic (exact) mass is 376 g/mol. The molecule has 2 N–H and O–H groups in total. The highest BCUT2D eigenvalue weighted by atomic mass is 19.1. The molecule has 2 heterocycles. The molecule has 1 aliphatic rings. The van der Waals surface area contributed by atoms with Crippen LogP contribution in [-0.4, -0.2) is 23.3 Å². The second-order valence-corrected chi connectivity index (χ2v) is 7.64. The van der Waals surface area contributed by atoms with Gasteiger partial charge in [-0.1, -0.05) is 6.07 Å². The summed E-state index contributed by atoms with van der Waals surface area (Å²) in [6.07, 6.45) is 0.641. The summed E-state index contributed by atoms with van der Waals surface area (Å²) in [7, 11) is -0.647. The van der Waals surface area contributed by atoms with Crippen LogP contribution >= 0.6 is 0 Å². The molecule has 1 aromatic heterocycles. The van der Waals surface area contributed by atoms with E-state index in [0.29, 0.717) is 5.46 Å². The molecule has 1 aliphatic heterocycles. The minimum absolute atomic E-state index is 0.110. The predicted molar refractivity (Wildman–Crippen MR) is 99.8 cm³/mol. The van der Waals surface area contributed by atoms with Crippen LogP contribution in [0.5, 0.6) is 5.75 Å². The fourth-order valence-electron chi connectivity index (χ4n) is 2.82. The van der Waals surface area contributed by atoms with E-state index in [-0.39, 0.29) is 17.1 Å². The molecule has 1 atom stereocenters. The lowest BCUT2D eigenvalue weighted by Crippen LogP contribution is -2.41. The van der Waals surface area contributed by atoms with Crippen LogP contribution in [0.1, 0.15) is 46.3 Å². The van der Waals surface area contributed by atoms with Gasteiger partial charge >= 0.3 is 7.12 Å². The Bertz CT molecular complexity index is 825. The first-order valence-electron chi connectivity index (χ1n) is 8.73. The summed E-state index contributed by atoms with van der Waals surface area (Å²) in [4.78, 5) is 4.12. The van der Waals surface area contributed by atoms with Crippen molar-refractivity contribution in [2.24, 2.45) is 0 Å². The number of nitrogen functional groups attached to an aromatic ring is 1. The zero-order valence-corrected chi connectivity index (χ0v) is 16.0. The fraction of sp³-hybridized carbons (Fsp3) is 0.421. The van der Waals surface area contributed by atoms with Crippen LogP contribution in [0.3, 0.4) is 0 Å². The van der Waals surface area contributed by atoms with Crippen molar-refractivity contribution in [3.63, 3.8) is 0 Å². The number of halogens is 2. The second-order valence-electron chi connectivity index (χ2n) is 7.64. The van der Waals surface area contributed by atoms with Crippen molar-refractivity contribution >= 4 is 18.4 Å². The summed E-state index contributed by atoms with van der Waals surface area (Å²) in [6, 6.07) is 5.29. The number of rotatable bonds is 4. The van der Waals surface area contributed by atoms with Gasteiger partial charge in [0.1, 0.15) is 17.7 Å². The molecule has 0 saturated carbocycles. The Morgan fingerprint density at radius 2 is 1.67 bits per heavy atom.